The van der Waals surface area contributed by atoms with Crippen LogP contribution in [0.15, 0.2) is 0 Å². The Morgan fingerprint density at radius 3 is 1.13 bits per heavy atom. The van der Waals surface area contributed by atoms with Gasteiger partial charge < -0.3 is 6.16 Å². The summed E-state index contributed by atoms with van der Waals surface area (Å²) in [4.78, 5) is 10.8. The van der Waals surface area contributed by atoms with Crippen molar-refractivity contribution in [2.24, 2.45) is 0 Å². The minimum Gasteiger partial charge on any atom is -1.00 e. The summed E-state index contributed by atoms with van der Waals surface area (Å²) < 4.78 is 5.16. The van der Waals surface area contributed by atoms with E-state index in [1.807, 2.05) is 6.92 Å². The van der Waals surface area contributed by atoms with Gasteiger partial charge in [-0.2, -0.15) is 0 Å². The first-order valence-electron chi connectivity index (χ1n) is 13.3. The van der Waals surface area contributed by atoms with Crippen molar-refractivity contribution in [1.29, 1.82) is 0 Å². The van der Waals surface area contributed by atoms with Crippen LogP contribution in [0.2, 0.25) is 0 Å². The van der Waals surface area contributed by atoms with Gasteiger partial charge in [0.2, 0.25) is 0 Å². The van der Waals surface area contributed by atoms with E-state index in [-0.39, 0.29) is 64.9 Å². The first kappa shape index (κ1) is 33.3. The zero-order valence-electron chi connectivity index (χ0n) is 22.5. The fraction of sp³-hybridized carbons (Fsp3) is 0.963. The van der Waals surface area contributed by atoms with E-state index in [9.17, 15) is 4.79 Å². The first-order chi connectivity index (χ1) is 14.2. The van der Waals surface area contributed by atoms with Crippen LogP contribution in [0.4, 0.5) is 0 Å². The van der Waals surface area contributed by atoms with E-state index in [4.69, 9.17) is 4.74 Å². The van der Waals surface area contributed by atoms with Gasteiger partial charge in [-0.3, -0.25) is 4.79 Å². The van der Waals surface area contributed by atoms with Gasteiger partial charge in [-0.25, -0.2) is 0 Å². The van der Waals surface area contributed by atoms with E-state index in [0.717, 1.165) is 6.42 Å². The summed E-state index contributed by atoms with van der Waals surface area (Å²) in [6.07, 6.45) is 30.9. The third kappa shape index (κ3) is 29.1. The van der Waals surface area contributed by atoms with Gasteiger partial charge in [0, 0.05) is 6.92 Å². The number of ether oxygens (including phenoxy) is 1. The molecule has 0 aliphatic heterocycles. The molecule has 3 heteroatoms. The summed E-state index contributed by atoms with van der Waals surface area (Å²) >= 11 is 0. The van der Waals surface area contributed by atoms with Gasteiger partial charge in [0.05, 0.1) is 6.10 Å². The van der Waals surface area contributed by atoms with Gasteiger partial charge in [0.1, 0.15) is 0 Å². The maximum Gasteiger partial charge on any atom is 1.00 e. The fourth-order valence-corrected chi connectivity index (χ4v) is 4.21. The molecular weight excluding hydrogens is 395 g/mol. The van der Waals surface area contributed by atoms with Crippen LogP contribution in [0.5, 0.6) is 0 Å². The number of carbonyl (C=O) groups excluding carboxylic acids is 1. The molecule has 0 N–H and O–H groups in total. The summed E-state index contributed by atoms with van der Waals surface area (Å²) in [5.41, 5.74) is 0. The molecule has 0 aliphatic carbocycles. The van der Waals surface area contributed by atoms with Crippen molar-refractivity contribution in [2.75, 3.05) is 0 Å². The predicted molar refractivity (Wildman–Crippen MR) is 130 cm³/mol. The molecule has 0 radical (unpaired) electrons. The van der Waals surface area contributed by atoms with E-state index in [2.05, 4.69) is 6.92 Å². The van der Waals surface area contributed by atoms with Gasteiger partial charge >= 0.3 is 57.4 Å². The largest absolute Gasteiger partial charge is 1.00 e. The van der Waals surface area contributed by atoms with Crippen LogP contribution in [-0.4, -0.2) is 12.1 Å². The quantitative estimate of drug-likeness (QED) is 0.0988. The second-order valence-electron chi connectivity index (χ2n) is 9.28. The Kier molecular flexibility index (Phi) is 31.2. The topological polar surface area (TPSA) is 26.3 Å². The third-order valence-electron chi connectivity index (χ3n) is 6.08. The smallest absolute Gasteiger partial charge is 1.00 e. The van der Waals surface area contributed by atoms with E-state index in [1.165, 1.54) is 142 Å². The number of esters is 1. The number of hydrogen-bond donors (Lipinski definition) is 0. The van der Waals surface area contributed by atoms with E-state index in [0.29, 0.717) is 0 Å². The molecule has 176 valence electrons. The maximum atomic E-state index is 10.8. The number of carbonyl (C=O) groups is 1. The Hall–Kier alpha value is 1.11. The molecule has 1 atom stereocenters. The molecule has 0 spiro atoms. The zero-order chi connectivity index (χ0) is 21.4. The van der Waals surface area contributed by atoms with Gasteiger partial charge in [-0.15, -0.1) is 0 Å². The van der Waals surface area contributed by atoms with Crippen LogP contribution in [0, 0.1) is 0 Å². The molecule has 0 saturated heterocycles. The van der Waals surface area contributed by atoms with Gasteiger partial charge in [-0.1, -0.05) is 135 Å². The Balaban J connectivity index is -0.00000392. The van der Waals surface area contributed by atoms with Crippen LogP contribution in [0.1, 0.15) is 163 Å². The Bertz CT molecular complexity index is 339. The molecule has 0 amide bonds. The zero-order valence-corrected chi connectivity index (χ0v) is 24.6. The van der Waals surface area contributed by atoms with Crippen LogP contribution in [0.3, 0.4) is 0 Å². The van der Waals surface area contributed by atoms with E-state index in [1.54, 1.807) is 0 Å². The monoisotopic (exact) mass is 450 g/mol. The van der Waals surface area contributed by atoms with Crippen molar-refractivity contribution < 1.29 is 62.3 Å². The average Bonchev–Trinajstić information content (AvgIpc) is 2.68. The van der Waals surface area contributed by atoms with Crippen molar-refractivity contribution in [3.63, 3.8) is 0 Å². The van der Waals surface area contributed by atoms with Crippen LogP contribution >= 0.6 is 0 Å². The van der Waals surface area contributed by atoms with Crippen LogP contribution in [-0.2, 0) is 9.53 Å². The molecule has 0 aromatic carbocycles. The second kappa shape index (κ2) is 28.1. The van der Waals surface area contributed by atoms with E-state index >= 15 is 0 Å². The second-order valence-corrected chi connectivity index (χ2v) is 9.28. The Morgan fingerprint density at radius 1 is 0.600 bits per heavy atom. The summed E-state index contributed by atoms with van der Waals surface area (Å²) in [5, 5.41) is 0. The van der Waals surface area contributed by atoms with Gasteiger partial charge in [0.25, 0.3) is 0 Å². The number of unbranched alkanes of at least 4 members (excludes halogenated alkanes) is 20. The van der Waals surface area contributed by atoms with Crippen molar-refractivity contribution in [2.45, 2.75) is 168 Å². The van der Waals surface area contributed by atoms with Gasteiger partial charge in [0.15, 0.2) is 0 Å². The summed E-state index contributed by atoms with van der Waals surface area (Å²) in [6.45, 7) is 5.79. The molecule has 0 rings (SSSR count). The van der Waals surface area contributed by atoms with Crippen LogP contribution in [0.25, 0.3) is 0 Å². The van der Waals surface area contributed by atoms with Crippen molar-refractivity contribution in [1.82, 2.24) is 0 Å². The molecule has 0 saturated carbocycles. The molecule has 30 heavy (non-hydrogen) atoms. The standard InChI is InChI=1S/C27H54O2.K.H/c1-4-5-6-7-8-9-10-11-12-13-14-15-16-17-18-19-20-21-22-23-24-25-26(2)29-27(3)28;;/h26H,4-25H2,1-3H3;;/q;+1;-1. The SMILES string of the molecule is CCCCCCCCCCCCCCCCCCCCCCCC(C)OC(C)=O.[H-].[K+]. The molecule has 0 aromatic heterocycles. The van der Waals surface area contributed by atoms with Crippen molar-refractivity contribution in [3.05, 3.63) is 0 Å². The number of rotatable bonds is 23. The molecule has 0 heterocycles. The van der Waals surface area contributed by atoms with Crippen LogP contribution < -0.4 is 51.4 Å². The Morgan fingerprint density at radius 2 is 0.867 bits per heavy atom. The summed E-state index contributed by atoms with van der Waals surface area (Å²) in [7, 11) is 0. The fourth-order valence-electron chi connectivity index (χ4n) is 4.21. The minimum absolute atomic E-state index is 0. The summed E-state index contributed by atoms with van der Waals surface area (Å²) in [5.74, 6) is -0.152. The summed E-state index contributed by atoms with van der Waals surface area (Å²) in [6, 6.07) is 0. The maximum absolute atomic E-state index is 10.8. The number of hydrogen-bond acceptors (Lipinski definition) is 2. The molecule has 1 unspecified atom stereocenters. The van der Waals surface area contributed by atoms with Crippen molar-refractivity contribution in [3.8, 4) is 0 Å². The van der Waals surface area contributed by atoms with E-state index < -0.39 is 0 Å². The third-order valence-corrected chi connectivity index (χ3v) is 6.08. The van der Waals surface area contributed by atoms with Crippen molar-refractivity contribution >= 4 is 5.97 Å². The average molecular weight is 451 g/mol. The van der Waals surface area contributed by atoms with Gasteiger partial charge in [-0.05, 0) is 19.8 Å². The molecule has 0 aromatic rings. The molecule has 2 nitrogen and oxygen atoms in total. The molecular formula is C27H55KO2. The Labute approximate surface area is 234 Å². The molecule has 0 fully saturated rings. The first-order valence-corrected chi connectivity index (χ1v) is 13.3. The molecule has 0 bridgehead atoms. The normalized spacial score (nSPS) is 11.8. The molecule has 0 aliphatic rings. The predicted octanol–water partition coefficient (Wildman–Crippen LogP) is 6.66. The minimum atomic E-state index is -0.152.